The number of nitrogens with one attached hydrogen (secondary N) is 2. The molecule has 0 rings (SSSR count). The quantitative estimate of drug-likeness (QED) is 0.511. The molecular formula is C13H18N2O4. The highest BCUT2D eigenvalue weighted by atomic mass is 16.4. The Balaban J connectivity index is 4.59. The van der Waals surface area contributed by atoms with Crippen LogP contribution in [0.5, 0.6) is 0 Å². The minimum Gasteiger partial charge on any atom is -0.478 e. The van der Waals surface area contributed by atoms with Crippen LogP contribution in [0.2, 0.25) is 0 Å². The minimum absolute atomic E-state index is 0.0207. The van der Waals surface area contributed by atoms with E-state index in [1.165, 1.54) is 13.8 Å². The van der Waals surface area contributed by atoms with Crippen molar-refractivity contribution in [3.63, 3.8) is 0 Å². The van der Waals surface area contributed by atoms with Crippen LogP contribution in [-0.4, -0.2) is 29.1 Å². The van der Waals surface area contributed by atoms with Gasteiger partial charge in [0.2, 0.25) is 0 Å². The van der Waals surface area contributed by atoms with E-state index >= 15 is 0 Å². The number of amides is 3. The summed E-state index contributed by atoms with van der Waals surface area (Å²) in [4.78, 5) is 33.8. The molecule has 0 aliphatic heterocycles. The van der Waals surface area contributed by atoms with Gasteiger partial charge < -0.3 is 10.4 Å². The second-order valence-electron chi connectivity index (χ2n) is 4.00. The summed E-state index contributed by atoms with van der Waals surface area (Å²) in [5.74, 6) is 0.474. The van der Waals surface area contributed by atoms with Crippen LogP contribution in [-0.2, 0) is 9.59 Å². The van der Waals surface area contributed by atoms with Gasteiger partial charge in [0.25, 0.3) is 5.91 Å². The van der Waals surface area contributed by atoms with Crippen molar-refractivity contribution in [2.75, 3.05) is 0 Å². The van der Waals surface area contributed by atoms with Crippen molar-refractivity contribution in [3.8, 4) is 12.3 Å². The molecule has 0 aromatic heterocycles. The number of terminal acetylenes is 1. The lowest BCUT2D eigenvalue weighted by Crippen LogP contribution is -2.44. The number of carboxylic acid groups (broad SMARTS) is 1. The molecule has 0 heterocycles. The predicted molar refractivity (Wildman–Crippen MR) is 70.2 cm³/mol. The highest BCUT2D eigenvalue weighted by Gasteiger charge is 2.16. The van der Waals surface area contributed by atoms with E-state index < -0.39 is 17.9 Å². The van der Waals surface area contributed by atoms with E-state index in [0.29, 0.717) is 12.8 Å². The highest BCUT2D eigenvalue weighted by Crippen LogP contribution is 2.03. The van der Waals surface area contributed by atoms with Gasteiger partial charge in [-0.3, -0.25) is 10.1 Å². The van der Waals surface area contributed by atoms with Crippen molar-refractivity contribution >= 4 is 17.9 Å². The summed E-state index contributed by atoms with van der Waals surface area (Å²) >= 11 is 0. The molecule has 1 atom stereocenters. The number of hydrogen-bond acceptors (Lipinski definition) is 3. The number of hydrogen-bond donors (Lipinski definition) is 3. The van der Waals surface area contributed by atoms with Gasteiger partial charge in [0.15, 0.2) is 0 Å². The molecule has 0 saturated carbocycles. The van der Waals surface area contributed by atoms with E-state index in [2.05, 4.69) is 16.6 Å². The smallest absolute Gasteiger partial charge is 0.331 e. The molecule has 3 N–H and O–H groups in total. The van der Waals surface area contributed by atoms with Gasteiger partial charge in [-0.05, 0) is 20.3 Å². The van der Waals surface area contributed by atoms with Crippen LogP contribution in [0.15, 0.2) is 11.1 Å². The fourth-order valence-corrected chi connectivity index (χ4v) is 1.19. The summed E-state index contributed by atoms with van der Waals surface area (Å²) in [5, 5.41) is 13.3. The molecule has 0 aliphatic carbocycles. The van der Waals surface area contributed by atoms with Gasteiger partial charge in [0.05, 0.1) is 0 Å². The first-order chi connectivity index (χ1) is 8.83. The maximum atomic E-state index is 11.6. The van der Waals surface area contributed by atoms with Crippen molar-refractivity contribution in [1.82, 2.24) is 10.6 Å². The average molecular weight is 266 g/mol. The Bertz CT molecular complexity index is 446. The number of carbonyl (C=O) groups excluding carboxylic acids is 2. The Kier molecular flexibility index (Phi) is 6.97. The van der Waals surface area contributed by atoms with Gasteiger partial charge in [0.1, 0.15) is 0 Å². The van der Waals surface area contributed by atoms with Crippen LogP contribution in [0.4, 0.5) is 4.79 Å². The third-order valence-corrected chi connectivity index (χ3v) is 2.64. The molecule has 6 heteroatoms. The van der Waals surface area contributed by atoms with E-state index in [0.717, 1.165) is 0 Å². The van der Waals surface area contributed by atoms with Gasteiger partial charge in [-0.1, -0.05) is 6.92 Å². The molecule has 3 amide bonds. The number of imide groups is 1. The maximum Gasteiger partial charge on any atom is 0.331 e. The third-order valence-electron chi connectivity index (χ3n) is 2.64. The van der Waals surface area contributed by atoms with E-state index in [-0.39, 0.29) is 17.2 Å². The van der Waals surface area contributed by atoms with Gasteiger partial charge in [-0.2, -0.15) is 0 Å². The SMILES string of the molecule is C#CCC(CC)NC(=O)NC(=O)C(C)=C(C)C(=O)O. The van der Waals surface area contributed by atoms with E-state index in [4.69, 9.17) is 11.5 Å². The molecule has 0 radical (unpaired) electrons. The Hall–Kier alpha value is -2.29. The predicted octanol–water partition coefficient (Wildman–Crippen LogP) is 1.04. The normalized spacial score (nSPS) is 12.7. The Labute approximate surface area is 112 Å². The summed E-state index contributed by atoms with van der Waals surface area (Å²) in [7, 11) is 0. The van der Waals surface area contributed by atoms with Crippen LogP contribution >= 0.6 is 0 Å². The molecule has 19 heavy (non-hydrogen) atoms. The molecular weight excluding hydrogens is 248 g/mol. The molecule has 6 nitrogen and oxygen atoms in total. The Morgan fingerprint density at radius 3 is 2.26 bits per heavy atom. The lowest BCUT2D eigenvalue weighted by molar-refractivity contribution is -0.133. The zero-order valence-corrected chi connectivity index (χ0v) is 11.2. The third kappa shape index (κ3) is 5.73. The van der Waals surface area contributed by atoms with Gasteiger partial charge in [-0.15, -0.1) is 12.3 Å². The summed E-state index contributed by atoms with van der Waals surface area (Å²) in [6.45, 7) is 4.48. The minimum atomic E-state index is -1.20. The molecule has 0 bridgehead atoms. The summed E-state index contributed by atoms with van der Waals surface area (Å²) in [6.07, 6.45) is 6.14. The molecule has 0 fully saturated rings. The van der Waals surface area contributed by atoms with Crippen molar-refractivity contribution < 1.29 is 19.5 Å². The summed E-state index contributed by atoms with van der Waals surface area (Å²) in [6, 6.07) is -0.910. The molecule has 0 spiro atoms. The number of carbonyl (C=O) groups is 3. The first kappa shape index (κ1) is 16.7. The lowest BCUT2D eigenvalue weighted by Gasteiger charge is -2.14. The number of carboxylic acids is 1. The molecule has 0 aromatic rings. The molecule has 0 saturated heterocycles. The Morgan fingerprint density at radius 2 is 1.84 bits per heavy atom. The van der Waals surface area contributed by atoms with E-state index in [1.54, 1.807) is 0 Å². The van der Waals surface area contributed by atoms with Crippen LogP contribution in [0.1, 0.15) is 33.6 Å². The monoisotopic (exact) mass is 266 g/mol. The summed E-state index contributed by atoms with van der Waals surface area (Å²) < 4.78 is 0. The van der Waals surface area contributed by atoms with Crippen LogP contribution < -0.4 is 10.6 Å². The zero-order chi connectivity index (χ0) is 15.0. The largest absolute Gasteiger partial charge is 0.478 e. The van der Waals surface area contributed by atoms with Crippen molar-refractivity contribution in [2.24, 2.45) is 0 Å². The molecule has 0 aliphatic rings. The van der Waals surface area contributed by atoms with Crippen LogP contribution in [0.3, 0.4) is 0 Å². The van der Waals surface area contributed by atoms with Gasteiger partial charge >= 0.3 is 12.0 Å². The first-order valence-corrected chi connectivity index (χ1v) is 5.79. The van der Waals surface area contributed by atoms with Crippen LogP contribution in [0.25, 0.3) is 0 Å². The first-order valence-electron chi connectivity index (χ1n) is 5.79. The molecule has 1 unspecified atom stereocenters. The number of aliphatic carboxylic acids is 1. The van der Waals surface area contributed by atoms with Gasteiger partial charge in [0, 0.05) is 23.6 Å². The standard InChI is InChI=1S/C13H18N2O4/c1-5-7-10(6-2)14-13(19)15-11(16)8(3)9(4)12(17)18/h1,10H,6-7H2,2-4H3,(H,17,18)(H2,14,15,16,19). The van der Waals surface area contributed by atoms with Crippen molar-refractivity contribution in [3.05, 3.63) is 11.1 Å². The van der Waals surface area contributed by atoms with Crippen molar-refractivity contribution in [2.45, 2.75) is 39.7 Å². The average Bonchev–Trinajstić information content (AvgIpc) is 2.35. The van der Waals surface area contributed by atoms with Gasteiger partial charge in [-0.25, -0.2) is 9.59 Å². The fraction of sp³-hybridized carbons (Fsp3) is 0.462. The number of rotatable bonds is 5. The van der Waals surface area contributed by atoms with Crippen LogP contribution in [0, 0.1) is 12.3 Å². The van der Waals surface area contributed by atoms with E-state index in [9.17, 15) is 14.4 Å². The molecule has 104 valence electrons. The van der Waals surface area contributed by atoms with Crippen molar-refractivity contribution in [1.29, 1.82) is 0 Å². The zero-order valence-electron chi connectivity index (χ0n) is 11.2. The topological polar surface area (TPSA) is 95.5 Å². The maximum absolute atomic E-state index is 11.6. The summed E-state index contributed by atoms with van der Waals surface area (Å²) in [5.41, 5.74) is -0.131. The number of urea groups is 1. The second-order valence-corrected chi connectivity index (χ2v) is 4.00. The van der Waals surface area contributed by atoms with E-state index in [1.807, 2.05) is 6.92 Å². The second kappa shape index (κ2) is 7.93. The Morgan fingerprint density at radius 1 is 1.26 bits per heavy atom. The lowest BCUT2D eigenvalue weighted by atomic mass is 10.1. The molecule has 0 aromatic carbocycles. The fourth-order valence-electron chi connectivity index (χ4n) is 1.19. The highest BCUT2D eigenvalue weighted by molar-refractivity contribution is 6.07.